The molecule has 0 aromatic heterocycles. The number of rotatable bonds is 12. The van der Waals surface area contributed by atoms with Crippen LogP contribution in [0.15, 0.2) is 0 Å². The Morgan fingerprint density at radius 1 is 0.789 bits per heavy atom. The van der Waals surface area contributed by atoms with Crippen LogP contribution in [0.4, 0.5) is 0 Å². The molecule has 0 rings (SSSR count). The molecular weight excluding hydrogens is 242 g/mol. The molecule has 19 heavy (non-hydrogen) atoms. The monoisotopic (exact) mass is 275 g/mol. The Morgan fingerprint density at radius 2 is 1.16 bits per heavy atom. The first kappa shape index (κ1) is 20.7. The Morgan fingerprint density at radius 3 is 1.53 bits per heavy atom. The van der Waals surface area contributed by atoms with E-state index in [0.717, 1.165) is 17.3 Å². The number of nitrogens with zero attached hydrogens (tertiary/aromatic N) is 1. The zero-order valence-corrected chi connectivity index (χ0v) is 13.0. The zero-order chi connectivity index (χ0) is 13.9. The quantitative estimate of drug-likeness (QED) is 0.438. The molecule has 0 aromatic rings. The van der Waals surface area contributed by atoms with Crippen molar-refractivity contribution in [3.63, 3.8) is 0 Å². The van der Waals surface area contributed by atoms with Crippen LogP contribution in [0.3, 0.4) is 0 Å². The molecule has 2 N–H and O–H groups in total. The van der Waals surface area contributed by atoms with Gasteiger partial charge in [-0.15, -0.1) is 0 Å². The Balaban J connectivity index is 0. The highest BCUT2D eigenvalue weighted by Crippen LogP contribution is 2.11. The van der Waals surface area contributed by atoms with Crippen molar-refractivity contribution in [2.24, 2.45) is 0 Å². The highest BCUT2D eigenvalue weighted by atomic mass is 16.4. The van der Waals surface area contributed by atoms with E-state index in [9.17, 15) is 4.79 Å². The number of unbranched alkanes of at least 4 members (excludes halogenated alkanes) is 8. The highest BCUT2D eigenvalue weighted by molar-refractivity contribution is 5.66. The van der Waals surface area contributed by atoms with E-state index in [4.69, 9.17) is 5.11 Å². The fourth-order valence-corrected chi connectivity index (χ4v) is 2.10. The third-order valence-corrected chi connectivity index (χ3v) is 3.22. The number of carboxylic acid groups (broad SMARTS) is 1. The van der Waals surface area contributed by atoms with Crippen LogP contribution in [0.25, 0.3) is 0 Å². The van der Waals surface area contributed by atoms with Gasteiger partial charge in [0.25, 0.3) is 0 Å². The SMILES string of the molecule is C[N+](C)(C)CCCCCCCCCCCC(=O)O.[OH-]. The van der Waals surface area contributed by atoms with E-state index in [1.807, 2.05) is 0 Å². The van der Waals surface area contributed by atoms with Gasteiger partial charge in [-0.05, 0) is 19.3 Å². The minimum Gasteiger partial charge on any atom is -0.870 e. The van der Waals surface area contributed by atoms with Gasteiger partial charge in [-0.2, -0.15) is 0 Å². The summed E-state index contributed by atoms with van der Waals surface area (Å²) in [4.78, 5) is 10.3. The third kappa shape index (κ3) is 19.9. The second-order valence-electron chi connectivity index (χ2n) is 6.34. The van der Waals surface area contributed by atoms with Crippen molar-refractivity contribution in [1.29, 1.82) is 0 Å². The van der Waals surface area contributed by atoms with Gasteiger partial charge in [-0.3, -0.25) is 4.79 Å². The van der Waals surface area contributed by atoms with Crippen molar-refractivity contribution in [2.75, 3.05) is 27.7 Å². The van der Waals surface area contributed by atoms with Gasteiger partial charge in [-0.25, -0.2) is 0 Å². The van der Waals surface area contributed by atoms with E-state index in [1.165, 1.54) is 51.5 Å². The van der Waals surface area contributed by atoms with Crippen molar-refractivity contribution in [3.8, 4) is 0 Å². The number of quaternary nitrogens is 1. The predicted octanol–water partition coefficient (Wildman–Crippen LogP) is 3.50. The summed E-state index contributed by atoms with van der Waals surface area (Å²) in [6.45, 7) is 1.27. The second kappa shape index (κ2) is 12.4. The van der Waals surface area contributed by atoms with Crippen molar-refractivity contribution in [2.45, 2.75) is 64.2 Å². The van der Waals surface area contributed by atoms with E-state index in [-0.39, 0.29) is 5.48 Å². The summed E-state index contributed by atoms with van der Waals surface area (Å²) >= 11 is 0. The maximum atomic E-state index is 10.3. The van der Waals surface area contributed by atoms with Crippen molar-refractivity contribution >= 4 is 5.97 Å². The van der Waals surface area contributed by atoms with Crippen LogP contribution in [0, 0.1) is 0 Å². The van der Waals surface area contributed by atoms with Crippen LogP contribution >= 0.6 is 0 Å². The first-order valence-corrected chi connectivity index (χ1v) is 7.44. The lowest BCUT2D eigenvalue weighted by atomic mass is 10.1. The summed E-state index contributed by atoms with van der Waals surface area (Å²) in [6, 6.07) is 0. The van der Waals surface area contributed by atoms with E-state index in [2.05, 4.69) is 21.1 Å². The first-order valence-electron chi connectivity index (χ1n) is 7.44. The molecule has 0 saturated carbocycles. The first-order chi connectivity index (χ1) is 8.42. The second-order valence-corrected chi connectivity index (χ2v) is 6.34. The molecule has 0 aliphatic heterocycles. The van der Waals surface area contributed by atoms with Gasteiger partial charge in [-0.1, -0.05) is 38.5 Å². The van der Waals surface area contributed by atoms with Gasteiger partial charge in [0.05, 0.1) is 27.7 Å². The lowest BCUT2D eigenvalue weighted by Crippen LogP contribution is -2.35. The van der Waals surface area contributed by atoms with Crippen molar-refractivity contribution in [1.82, 2.24) is 0 Å². The topological polar surface area (TPSA) is 67.3 Å². The Kier molecular flexibility index (Phi) is 13.5. The summed E-state index contributed by atoms with van der Waals surface area (Å²) in [6.07, 6.45) is 11.4. The Hall–Kier alpha value is -0.610. The van der Waals surface area contributed by atoms with E-state index in [1.54, 1.807) is 0 Å². The molecular formula is C15H33NO3. The van der Waals surface area contributed by atoms with E-state index in [0.29, 0.717) is 6.42 Å². The Bertz CT molecular complexity index is 212. The molecule has 0 unspecified atom stereocenters. The molecule has 4 heteroatoms. The average molecular weight is 275 g/mol. The molecule has 0 aliphatic carbocycles. The molecule has 0 radical (unpaired) electrons. The van der Waals surface area contributed by atoms with E-state index < -0.39 is 5.97 Å². The molecule has 0 spiro atoms. The Labute approximate surface area is 118 Å². The van der Waals surface area contributed by atoms with Crippen LogP contribution in [-0.2, 0) is 4.79 Å². The summed E-state index contributed by atoms with van der Waals surface area (Å²) in [5, 5.41) is 8.49. The van der Waals surface area contributed by atoms with Crippen LogP contribution < -0.4 is 0 Å². The predicted molar refractivity (Wildman–Crippen MR) is 78.6 cm³/mol. The molecule has 0 fully saturated rings. The molecule has 116 valence electrons. The third-order valence-electron chi connectivity index (χ3n) is 3.22. The fraction of sp³-hybridized carbons (Fsp3) is 0.933. The fourth-order valence-electron chi connectivity index (χ4n) is 2.10. The maximum Gasteiger partial charge on any atom is 0.303 e. The van der Waals surface area contributed by atoms with Gasteiger partial charge in [0, 0.05) is 6.42 Å². The average Bonchev–Trinajstić information content (AvgIpc) is 2.24. The molecule has 0 heterocycles. The molecule has 0 aliphatic rings. The number of aliphatic carboxylic acids is 1. The summed E-state index contributed by atoms with van der Waals surface area (Å²) in [7, 11) is 6.74. The van der Waals surface area contributed by atoms with Gasteiger partial charge < -0.3 is 15.1 Å². The van der Waals surface area contributed by atoms with Gasteiger partial charge in [0.1, 0.15) is 0 Å². The molecule has 0 amide bonds. The molecule has 4 nitrogen and oxygen atoms in total. The smallest absolute Gasteiger partial charge is 0.303 e. The molecule has 0 bridgehead atoms. The number of hydrogen-bond acceptors (Lipinski definition) is 2. The lowest BCUT2D eigenvalue weighted by molar-refractivity contribution is -0.870. The largest absolute Gasteiger partial charge is 0.870 e. The highest BCUT2D eigenvalue weighted by Gasteiger charge is 2.04. The van der Waals surface area contributed by atoms with Crippen LogP contribution in [0.1, 0.15) is 64.2 Å². The number of carboxylic acids is 1. The molecule has 0 atom stereocenters. The number of hydrogen-bond donors (Lipinski definition) is 1. The van der Waals surface area contributed by atoms with Gasteiger partial charge >= 0.3 is 5.97 Å². The summed E-state index contributed by atoms with van der Waals surface area (Å²) in [5.74, 6) is -0.660. The maximum absolute atomic E-state index is 10.3. The summed E-state index contributed by atoms with van der Waals surface area (Å²) < 4.78 is 1.07. The van der Waals surface area contributed by atoms with Crippen molar-refractivity contribution < 1.29 is 19.9 Å². The normalized spacial score (nSPS) is 11.1. The van der Waals surface area contributed by atoms with Crippen molar-refractivity contribution in [3.05, 3.63) is 0 Å². The van der Waals surface area contributed by atoms with E-state index >= 15 is 0 Å². The zero-order valence-electron chi connectivity index (χ0n) is 13.0. The van der Waals surface area contributed by atoms with Gasteiger partial charge in [0.2, 0.25) is 0 Å². The van der Waals surface area contributed by atoms with Crippen LogP contribution in [-0.4, -0.2) is 48.7 Å². The van der Waals surface area contributed by atoms with Gasteiger partial charge in [0.15, 0.2) is 0 Å². The minimum atomic E-state index is -0.660. The van der Waals surface area contributed by atoms with Crippen LogP contribution in [0.5, 0.6) is 0 Å². The summed E-state index contributed by atoms with van der Waals surface area (Å²) in [5.41, 5.74) is 0. The standard InChI is InChI=1S/C15H31NO2.H2O/c1-16(2,3)14-12-10-8-6-4-5-7-9-11-13-15(17)18;/h4-14H2,1-3H3;1H2. The minimum absolute atomic E-state index is 0. The molecule has 0 aromatic carbocycles. The van der Waals surface area contributed by atoms with Crippen LogP contribution in [0.2, 0.25) is 0 Å². The molecule has 0 saturated heterocycles. The lowest BCUT2D eigenvalue weighted by Gasteiger charge is -2.23. The number of carbonyl (C=O) groups is 1.